The molecule has 3 aromatic rings. The minimum absolute atomic E-state index is 0.0512. The summed E-state index contributed by atoms with van der Waals surface area (Å²) in [6.07, 6.45) is 0. The van der Waals surface area contributed by atoms with Gasteiger partial charge in [0, 0.05) is 12.6 Å². The maximum atomic E-state index is 13.0. The average Bonchev–Trinajstić information content (AvgIpc) is 3.08. The van der Waals surface area contributed by atoms with Gasteiger partial charge < -0.3 is 19.7 Å². The van der Waals surface area contributed by atoms with Crippen LogP contribution in [0.5, 0.6) is 17.4 Å². The van der Waals surface area contributed by atoms with Gasteiger partial charge in [-0.3, -0.25) is 0 Å². The zero-order chi connectivity index (χ0) is 24.0. The standard InChI is InChI=1S/C26H34N4O3/c1-18(2)16-29(26(31)27-19(3)4)17-24-20(5)28-30(21-10-8-7-9-11-21)25(24)33-23-14-12-22(32-6)13-15-23/h7-15,18-19H,16-17H2,1-6H3,(H,27,31). The summed E-state index contributed by atoms with van der Waals surface area (Å²) < 4.78 is 13.4. The van der Waals surface area contributed by atoms with E-state index in [1.165, 1.54) is 0 Å². The van der Waals surface area contributed by atoms with E-state index in [4.69, 9.17) is 14.6 Å². The Labute approximate surface area is 196 Å². The third-order valence-electron chi connectivity index (χ3n) is 5.05. The number of nitrogens with zero attached hydrogens (tertiary/aromatic N) is 3. The van der Waals surface area contributed by atoms with Gasteiger partial charge in [0.05, 0.1) is 30.6 Å². The monoisotopic (exact) mass is 450 g/mol. The van der Waals surface area contributed by atoms with E-state index >= 15 is 0 Å². The van der Waals surface area contributed by atoms with E-state index in [1.807, 2.05) is 80.3 Å². The zero-order valence-corrected chi connectivity index (χ0v) is 20.3. The Hall–Kier alpha value is -3.48. The number of ether oxygens (including phenoxy) is 2. The van der Waals surface area contributed by atoms with Crippen molar-refractivity contribution in [1.82, 2.24) is 20.0 Å². The molecule has 0 bridgehead atoms. The molecule has 2 amide bonds. The molecule has 0 unspecified atom stereocenters. The minimum Gasteiger partial charge on any atom is -0.497 e. The van der Waals surface area contributed by atoms with Crippen LogP contribution in [0.25, 0.3) is 5.69 Å². The van der Waals surface area contributed by atoms with E-state index < -0.39 is 0 Å². The molecule has 176 valence electrons. The number of hydrogen-bond donors (Lipinski definition) is 1. The quantitative estimate of drug-likeness (QED) is 0.464. The number of rotatable bonds is 9. The Kier molecular flexibility index (Phi) is 7.98. The normalized spacial score (nSPS) is 11.0. The Morgan fingerprint density at radius 3 is 2.24 bits per heavy atom. The first-order valence-corrected chi connectivity index (χ1v) is 11.3. The lowest BCUT2D eigenvalue weighted by molar-refractivity contribution is 0.184. The van der Waals surface area contributed by atoms with Crippen LogP contribution in [-0.2, 0) is 6.54 Å². The van der Waals surface area contributed by atoms with Crippen molar-refractivity contribution in [2.45, 2.75) is 47.2 Å². The molecular formula is C26H34N4O3. The number of carbonyl (C=O) groups excluding carboxylic acids is 1. The van der Waals surface area contributed by atoms with Crippen LogP contribution in [0.2, 0.25) is 0 Å². The molecule has 0 saturated carbocycles. The molecule has 0 saturated heterocycles. The van der Waals surface area contributed by atoms with Crippen LogP contribution in [-0.4, -0.2) is 40.4 Å². The number of carbonyl (C=O) groups is 1. The number of benzene rings is 2. The maximum Gasteiger partial charge on any atom is 0.317 e. The molecule has 0 fully saturated rings. The molecule has 7 heteroatoms. The van der Waals surface area contributed by atoms with Gasteiger partial charge in [0.2, 0.25) is 5.88 Å². The number of nitrogens with one attached hydrogen (secondary N) is 1. The predicted molar refractivity (Wildman–Crippen MR) is 130 cm³/mol. The number of hydrogen-bond acceptors (Lipinski definition) is 4. The van der Waals surface area contributed by atoms with Gasteiger partial charge >= 0.3 is 6.03 Å². The summed E-state index contributed by atoms with van der Waals surface area (Å²) in [6, 6.07) is 17.2. The van der Waals surface area contributed by atoms with Gasteiger partial charge in [0.15, 0.2) is 0 Å². The van der Waals surface area contributed by atoms with Gasteiger partial charge in [-0.15, -0.1) is 0 Å². The minimum atomic E-state index is -0.0963. The maximum absolute atomic E-state index is 13.0. The molecule has 0 aliphatic heterocycles. The van der Waals surface area contributed by atoms with Crippen LogP contribution in [0.1, 0.15) is 39.0 Å². The fourth-order valence-corrected chi connectivity index (χ4v) is 3.51. The highest BCUT2D eigenvalue weighted by atomic mass is 16.5. The van der Waals surface area contributed by atoms with E-state index in [2.05, 4.69) is 19.2 Å². The van der Waals surface area contributed by atoms with Crippen molar-refractivity contribution in [3.63, 3.8) is 0 Å². The molecule has 33 heavy (non-hydrogen) atoms. The molecule has 0 radical (unpaired) electrons. The summed E-state index contributed by atoms with van der Waals surface area (Å²) in [6.45, 7) is 11.1. The van der Waals surface area contributed by atoms with Crippen molar-refractivity contribution in [2.75, 3.05) is 13.7 Å². The highest BCUT2D eigenvalue weighted by Crippen LogP contribution is 2.32. The van der Waals surface area contributed by atoms with Crippen LogP contribution in [0.15, 0.2) is 54.6 Å². The molecule has 0 aliphatic carbocycles. The molecule has 2 aromatic carbocycles. The molecule has 7 nitrogen and oxygen atoms in total. The number of para-hydroxylation sites is 1. The Morgan fingerprint density at radius 2 is 1.67 bits per heavy atom. The third kappa shape index (κ3) is 6.28. The second kappa shape index (κ2) is 10.9. The predicted octanol–water partition coefficient (Wildman–Crippen LogP) is 5.56. The second-order valence-corrected chi connectivity index (χ2v) is 8.77. The van der Waals surface area contributed by atoms with E-state index in [0.717, 1.165) is 22.7 Å². The SMILES string of the molecule is COc1ccc(Oc2c(CN(CC(C)C)C(=O)NC(C)C)c(C)nn2-c2ccccc2)cc1. The molecule has 1 aromatic heterocycles. The van der Waals surface area contributed by atoms with E-state index in [1.54, 1.807) is 11.8 Å². The summed E-state index contributed by atoms with van der Waals surface area (Å²) in [5, 5.41) is 7.79. The van der Waals surface area contributed by atoms with Crippen molar-refractivity contribution in [3.05, 3.63) is 65.9 Å². The van der Waals surface area contributed by atoms with Crippen molar-refractivity contribution in [2.24, 2.45) is 5.92 Å². The largest absolute Gasteiger partial charge is 0.497 e. The fraction of sp³-hybridized carbons (Fsp3) is 0.385. The zero-order valence-electron chi connectivity index (χ0n) is 20.3. The van der Waals surface area contributed by atoms with Crippen molar-refractivity contribution in [3.8, 4) is 23.1 Å². The summed E-state index contributed by atoms with van der Waals surface area (Å²) in [7, 11) is 1.63. The van der Waals surface area contributed by atoms with Gasteiger partial charge in [-0.05, 0) is 63.1 Å². The molecule has 1 heterocycles. The van der Waals surface area contributed by atoms with Gasteiger partial charge in [0.25, 0.3) is 0 Å². The number of aryl methyl sites for hydroxylation is 1. The Balaban J connectivity index is 2.03. The first-order valence-electron chi connectivity index (χ1n) is 11.3. The fourth-order valence-electron chi connectivity index (χ4n) is 3.51. The van der Waals surface area contributed by atoms with Crippen LogP contribution in [0, 0.1) is 12.8 Å². The van der Waals surface area contributed by atoms with Gasteiger partial charge in [-0.2, -0.15) is 5.10 Å². The summed E-state index contributed by atoms with van der Waals surface area (Å²) in [5.74, 6) is 2.33. The summed E-state index contributed by atoms with van der Waals surface area (Å²) in [4.78, 5) is 14.8. The van der Waals surface area contributed by atoms with Crippen molar-refractivity contribution < 1.29 is 14.3 Å². The number of urea groups is 1. The van der Waals surface area contributed by atoms with E-state index in [0.29, 0.717) is 30.6 Å². The number of methoxy groups -OCH3 is 1. The molecule has 0 aliphatic rings. The molecular weight excluding hydrogens is 416 g/mol. The van der Waals surface area contributed by atoms with Crippen LogP contribution >= 0.6 is 0 Å². The first kappa shape index (κ1) is 24.2. The Morgan fingerprint density at radius 1 is 1.03 bits per heavy atom. The highest BCUT2D eigenvalue weighted by molar-refractivity contribution is 5.74. The Bertz CT molecular complexity index is 1040. The van der Waals surface area contributed by atoms with Crippen molar-refractivity contribution in [1.29, 1.82) is 0 Å². The first-order chi connectivity index (χ1) is 15.8. The molecule has 3 rings (SSSR count). The van der Waals surface area contributed by atoms with Crippen LogP contribution < -0.4 is 14.8 Å². The lowest BCUT2D eigenvalue weighted by Crippen LogP contribution is -2.44. The molecule has 0 atom stereocenters. The van der Waals surface area contributed by atoms with Crippen LogP contribution in [0.4, 0.5) is 4.79 Å². The highest BCUT2D eigenvalue weighted by Gasteiger charge is 2.24. The second-order valence-electron chi connectivity index (χ2n) is 8.77. The molecule has 1 N–H and O–H groups in total. The lowest BCUT2D eigenvalue weighted by atomic mass is 10.1. The van der Waals surface area contributed by atoms with Crippen LogP contribution in [0.3, 0.4) is 0 Å². The third-order valence-corrected chi connectivity index (χ3v) is 5.05. The van der Waals surface area contributed by atoms with Gasteiger partial charge in [0.1, 0.15) is 11.5 Å². The van der Waals surface area contributed by atoms with E-state index in [-0.39, 0.29) is 12.1 Å². The number of aromatic nitrogens is 2. The smallest absolute Gasteiger partial charge is 0.317 e. The van der Waals surface area contributed by atoms with Crippen molar-refractivity contribution >= 4 is 6.03 Å². The summed E-state index contributed by atoms with van der Waals surface area (Å²) in [5.41, 5.74) is 2.57. The summed E-state index contributed by atoms with van der Waals surface area (Å²) >= 11 is 0. The molecule has 0 spiro atoms. The topological polar surface area (TPSA) is 68.6 Å². The van der Waals surface area contributed by atoms with Gasteiger partial charge in [-0.25, -0.2) is 9.48 Å². The lowest BCUT2D eigenvalue weighted by Gasteiger charge is -2.26. The van der Waals surface area contributed by atoms with Gasteiger partial charge in [-0.1, -0.05) is 32.0 Å². The number of amides is 2. The average molecular weight is 451 g/mol. The van der Waals surface area contributed by atoms with E-state index in [9.17, 15) is 4.79 Å².